The Morgan fingerprint density at radius 1 is 1.45 bits per heavy atom. The molecule has 1 aliphatic rings. The molecule has 0 N–H and O–H groups in total. The van der Waals surface area contributed by atoms with Crippen molar-refractivity contribution < 1.29 is 9.72 Å². The zero-order chi connectivity index (χ0) is 16.3. The molecule has 2 rings (SSSR count). The molecule has 0 radical (unpaired) electrons. The van der Waals surface area contributed by atoms with Gasteiger partial charge in [-0.15, -0.1) is 0 Å². The second-order valence-corrected chi connectivity index (χ2v) is 6.66. The molecule has 0 bridgehead atoms. The number of hydrogen-bond acceptors (Lipinski definition) is 4. The number of nitro benzene ring substituents is 1. The minimum atomic E-state index is -0.466. The van der Waals surface area contributed by atoms with E-state index in [1.54, 1.807) is 18.0 Å². The zero-order valence-corrected chi connectivity index (χ0v) is 14.9. The van der Waals surface area contributed by atoms with Crippen LogP contribution in [0.5, 0.6) is 0 Å². The summed E-state index contributed by atoms with van der Waals surface area (Å²) in [5.74, 6) is -0.136. The van der Waals surface area contributed by atoms with Crippen LogP contribution in [-0.2, 0) is 0 Å². The molecule has 0 saturated carbocycles. The summed E-state index contributed by atoms with van der Waals surface area (Å²) in [5, 5.41) is 10.9. The summed E-state index contributed by atoms with van der Waals surface area (Å²) < 4.78 is 0.742. The summed E-state index contributed by atoms with van der Waals surface area (Å²) in [6, 6.07) is 4.63. The van der Waals surface area contributed by atoms with Crippen molar-refractivity contribution >= 4 is 34.2 Å². The van der Waals surface area contributed by atoms with Crippen LogP contribution in [0.15, 0.2) is 18.2 Å². The van der Waals surface area contributed by atoms with E-state index in [9.17, 15) is 14.9 Å². The Labute approximate surface area is 143 Å². The molecule has 22 heavy (non-hydrogen) atoms. The van der Waals surface area contributed by atoms with Crippen molar-refractivity contribution in [2.24, 2.45) is 0 Å². The summed E-state index contributed by atoms with van der Waals surface area (Å²) in [6.45, 7) is 5.16. The van der Waals surface area contributed by atoms with Crippen molar-refractivity contribution in [3.63, 3.8) is 0 Å². The molecule has 7 heteroatoms. The Hall–Kier alpha value is -1.22. The molecule has 120 valence electrons. The molecular weight excluding hydrogens is 397 g/mol. The highest BCUT2D eigenvalue weighted by atomic mass is 127. The van der Waals surface area contributed by atoms with Gasteiger partial charge < -0.3 is 9.80 Å². The van der Waals surface area contributed by atoms with Gasteiger partial charge in [-0.2, -0.15) is 0 Å². The number of nitrogens with zero attached hydrogens (tertiary/aromatic N) is 3. The van der Waals surface area contributed by atoms with Crippen LogP contribution < -0.4 is 0 Å². The van der Waals surface area contributed by atoms with Gasteiger partial charge in [-0.05, 0) is 48.0 Å². The standard InChI is InChI=1S/C15H20IN3O3/c1-3-18-8-6-11(7-9-18)17(2)15(20)13-10-12(19(21)22)4-5-14(13)16/h4-5,10-11H,3,6-9H2,1-2H3. The SMILES string of the molecule is CCN1CCC(N(C)C(=O)c2cc([N+](=O)[O-])ccc2I)CC1. The van der Waals surface area contributed by atoms with Crippen LogP contribution in [0.2, 0.25) is 0 Å². The van der Waals surface area contributed by atoms with Crippen LogP contribution in [-0.4, -0.2) is 53.4 Å². The molecule has 0 unspecified atom stereocenters. The number of non-ortho nitro benzene ring substituents is 1. The molecule has 1 aliphatic heterocycles. The maximum atomic E-state index is 12.7. The van der Waals surface area contributed by atoms with Crippen LogP contribution in [0.4, 0.5) is 5.69 Å². The number of piperidine rings is 1. The number of halogens is 1. The monoisotopic (exact) mass is 417 g/mol. The van der Waals surface area contributed by atoms with E-state index in [0.29, 0.717) is 5.56 Å². The lowest BCUT2D eigenvalue weighted by atomic mass is 10.0. The number of carbonyl (C=O) groups excluding carboxylic acids is 1. The number of amides is 1. The summed E-state index contributed by atoms with van der Waals surface area (Å²) in [5.41, 5.74) is 0.369. The summed E-state index contributed by atoms with van der Waals surface area (Å²) in [4.78, 5) is 27.2. The van der Waals surface area contributed by atoms with Gasteiger partial charge in [0, 0.05) is 41.9 Å². The Kier molecular flexibility index (Phi) is 5.74. The Morgan fingerprint density at radius 2 is 2.09 bits per heavy atom. The highest BCUT2D eigenvalue weighted by Gasteiger charge is 2.27. The lowest BCUT2D eigenvalue weighted by Gasteiger charge is -2.36. The summed E-state index contributed by atoms with van der Waals surface area (Å²) >= 11 is 2.05. The van der Waals surface area contributed by atoms with Gasteiger partial charge >= 0.3 is 0 Å². The molecule has 1 aromatic carbocycles. The number of likely N-dealkylation sites (tertiary alicyclic amines) is 1. The van der Waals surface area contributed by atoms with Gasteiger partial charge in [-0.1, -0.05) is 6.92 Å². The van der Waals surface area contributed by atoms with Crippen LogP contribution in [0.1, 0.15) is 30.1 Å². The molecule has 1 saturated heterocycles. The fraction of sp³-hybridized carbons (Fsp3) is 0.533. The molecule has 0 atom stereocenters. The lowest BCUT2D eigenvalue weighted by molar-refractivity contribution is -0.384. The van der Waals surface area contributed by atoms with Crippen molar-refractivity contribution in [3.8, 4) is 0 Å². The van der Waals surface area contributed by atoms with E-state index in [1.165, 1.54) is 12.1 Å². The largest absolute Gasteiger partial charge is 0.339 e. The molecule has 0 spiro atoms. The highest BCUT2D eigenvalue weighted by Crippen LogP contribution is 2.23. The average molecular weight is 417 g/mol. The molecule has 1 amide bonds. The first-order valence-corrected chi connectivity index (χ1v) is 8.45. The highest BCUT2D eigenvalue weighted by molar-refractivity contribution is 14.1. The van der Waals surface area contributed by atoms with Gasteiger partial charge in [-0.3, -0.25) is 14.9 Å². The van der Waals surface area contributed by atoms with Gasteiger partial charge in [0.2, 0.25) is 0 Å². The maximum absolute atomic E-state index is 12.7. The number of hydrogen-bond donors (Lipinski definition) is 0. The zero-order valence-electron chi connectivity index (χ0n) is 12.8. The number of rotatable bonds is 4. The first kappa shape index (κ1) is 17.1. The second-order valence-electron chi connectivity index (χ2n) is 5.50. The fourth-order valence-electron chi connectivity index (χ4n) is 2.77. The van der Waals surface area contributed by atoms with E-state index in [4.69, 9.17) is 0 Å². The van der Waals surface area contributed by atoms with Gasteiger partial charge in [0.15, 0.2) is 0 Å². The minimum Gasteiger partial charge on any atom is -0.339 e. The quantitative estimate of drug-likeness (QED) is 0.429. The van der Waals surface area contributed by atoms with Gasteiger partial charge in [-0.25, -0.2) is 0 Å². The topological polar surface area (TPSA) is 66.7 Å². The van der Waals surface area contributed by atoms with Crippen LogP contribution >= 0.6 is 22.6 Å². The third-order valence-corrected chi connectivity index (χ3v) is 5.20. The van der Waals surface area contributed by atoms with Crippen LogP contribution in [0.25, 0.3) is 0 Å². The smallest absolute Gasteiger partial charge is 0.270 e. The van der Waals surface area contributed by atoms with Crippen molar-refractivity contribution in [1.29, 1.82) is 0 Å². The van der Waals surface area contributed by atoms with Gasteiger partial charge in [0.25, 0.3) is 11.6 Å². The molecule has 1 aromatic rings. The molecule has 0 aliphatic carbocycles. The van der Waals surface area contributed by atoms with Crippen molar-refractivity contribution in [2.75, 3.05) is 26.7 Å². The van der Waals surface area contributed by atoms with Gasteiger partial charge in [0.05, 0.1) is 10.5 Å². The maximum Gasteiger partial charge on any atom is 0.270 e. The molecule has 1 fully saturated rings. The van der Waals surface area contributed by atoms with E-state index in [2.05, 4.69) is 34.4 Å². The molecule has 0 aromatic heterocycles. The predicted molar refractivity (Wildman–Crippen MR) is 93.0 cm³/mol. The van der Waals surface area contributed by atoms with E-state index in [1.807, 2.05) is 0 Å². The summed E-state index contributed by atoms with van der Waals surface area (Å²) in [6.07, 6.45) is 1.89. The Balaban J connectivity index is 2.14. The van der Waals surface area contributed by atoms with E-state index < -0.39 is 4.92 Å². The predicted octanol–water partition coefficient (Wildman–Crippen LogP) is 2.76. The Morgan fingerprint density at radius 3 is 2.64 bits per heavy atom. The van der Waals surface area contributed by atoms with E-state index in [0.717, 1.165) is 36.0 Å². The van der Waals surface area contributed by atoms with Crippen molar-refractivity contribution in [3.05, 3.63) is 37.4 Å². The minimum absolute atomic E-state index is 0.0435. The van der Waals surface area contributed by atoms with E-state index >= 15 is 0 Å². The molecule has 6 nitrogen and oxygen atoms in total. The van der Waals surface area contributed by atoms with Gasteiger partial charge in [0.1, 0.15) is 0 Å². The normalized spacial score (nSPS) is 16.5. The number of carbonyl (C=O) groups is 1. The first-order chi connectivity index (χ1) is 10.4. The van der Waals surface area contributed by atoms with E-state index in [-0.39, 0.29) is 17.6 Å². The summed E-state index contributed by atoms with van der Waals surface area (Å²) in [7, 11) is 1.80. The number of nitro groups is 1. The number of benzene rings is 1. The molecular formula is C15H20IN3O3. The average Bonchev–Trinajstić information content (AvgIpc) is 2.53. The first-order valence-electron chi connectivity index (χ1n) is 7.37. The lowest BCUT2D eigenvalue weighted by Crippen LogP contribution is -2.45. The Bertz CT molecular complexity index is 571. The molecule has 1 heterocycles. The van der Waals surface area contributed by atoms with Crippen molar-refractivity contribution in [2.45, 2.75) is 25.8 Å². The fourth-order valence-corrected chi connectivity index (χ4v) is 3.34. The third-order valence-electron chi connectivity index (χ3n) is 4.26. The van der Waals surface area contributed by atoms with Crippen LogP contribution in [0, 0.1) is 13.7 Å². The van der Waals surface area contributed by atoms with Crippen LogP contribution in [0.3, 0.4) is 0 Å². The van der Waals surface area contributed by atoms with Crippen molar-refractivity contribution in [1.82, 2.24) is 9.80 Å². The third kappa shape index (κ3) is 3.75. The second kappa shape index (κ2) is 7.36.